The highest BCUT2D eigenvalue weighted by atomic mass is 19.1. The molecule has 2 saturated heterocycles. The maximum Gasteiger partial charge on any atom is 0.311 e. The summed E-state index contributed by atoms with van der Waals surface area (Å²) in [6.45, 7) is 8.63. The maximum atomic E-state index is 14.0. The molecule has 2 amide bonds. The van der Waals surface area contributed by atoms with E-state index in [-0.39, 0.29) is 23.6 Å². The molecule has 2 heterocycles. The second-order valence-electron chi connectivity index (χ2n) is 20.0. The predicted molar refractivity (Wildman–Crippen MR) is 271 cm³/mol. The van der Waals surface area contributed by atoms with Crippen LogP contribution in [0.25, 0.3) is 5.76 Å². The van der Waals surface area contributed by atoms with Crippen molar-refractivity contribution in [1.82, 2.24) is 15.1 Å². The lowest BCUT2D eigenvalue weighted by Gasteiger charge is -2.48. The summed E-state index contributed by atoms with van der Waals surface area (Å²) in [5, 5.41) is 2.87. The van der Waals surface area contributed by atoms with Gasteiger partial charge in [-0.15, -0.1) is 0 Å². The fraction of sp³-hybridized carbons (Fsp3) is 0.807. The number of hydrogen-bond acceptors (Lipinski definition) is 6. The van der Waals surface area contributed by atoms with Crippen LogP contribution in [0.5, 0.6) is 0 Å². The lowest BCUT2D eigenvalue weighted by atomic mass is 9.83. The highest BCUT2D eigenvalue weighted by Gasteiger charge is 2.46. The van der Waals surface area contributed by atoms with Gasteiger partial charge in [0.05, 0.1) is 0 Å². The third-order valence-corrected chi connectivity index (χ3v) is 14.4. The highest BCUT2D eigenvalue weighted by molar-refractivity contribution is 6.00. The van der Waals surface area contributed by atoms with Gasteiger partial charge in [-0.1, -0.05) is 200 Å². The molecule has 1 aromatic rings. The first-order valence-electron chi connectivity index (χ1n) is 27.9. The number of amides is 2. The van der Waals surface area contributed by atoms with Gasteiger partial charge in [0.25, 0.3) is 0 Å². The van der Waals surface area contributed by atoms with E-state index >= 15 is 0 Å². The molecule has 1 N–H and O–H groups in total. The van der Waals surface area contributed by atoms with Crippen molar-refractivity contribution in [3.05, 3.63) is 41.7 Å². The summed E-state index contributed by atoms with van der Waals surface area (Å²) in [5.41, 5.74) is 0.0452. The second kappa shape index (κ2) is 37.4. The van der Waals surface area contributed by atoms with Crippen LogP contribution >= 0.6 is 0 Å². The number of ether oxygens (including phenoxy) is 1. The van der Waals surface area contributed by atoms with Crippen molar-refractivity contribution in [1.29, 1.82) is 0 Å². The van der Waals surface area contributed by atoms with Crippen molar-refractivity contribution >= 4 is 23.5 Å². The first-order valence-corrected chi connectivity index (χ1v) is 27.9. The van der Waals surface area contributed by atoms with Crippen molar-refractivity contribution in [2.24, 2.45) is 0 Å². The Morgan fingerprint density at radius 3 is 1.43 bits per heavy atom. The molecule has 0 radical (unpaired) electrons. The van der Waals surface area contributed by atoms with E-state index < -0.39 is 5.54 Å². The van der Waals surface area contributed by atoms with Crippen molar-refractivity contribution in [2.45, 2.75) is 263 Å². The van der Waals surface area contributed by atoms with Gasteiger partial charge in [-0.3, -0.25) is 24.6 Å². The van der Waals surface area contributed by atoms with Crippen LogP contribution in [0.2, 0.25) is 0 Å². The molecule has 3 rings (SSSR count). The summed E-state index contributed by atoms with van der Waals surface area (Å²) in [4.78, 5) is 44.9. The fourth-order valence-electron chi connectivity index (χ4n) is 10.1. The summed E-state index contributed by atoms with van der Waals surface area (Å²) >= 11 is 0. The minimum absolute atomic E-state index is 0.107. The molecule has 0 aromatic heterocycles. The highest BCUT2D eigenvalue weighted by Crippen LogP contribution is 2.33. The lowest BCUT2D eigenvalue weighted by Crippen LogP contribution is -2.64. The number of carbonyl (C=O) groups is 3. The molecule has 0 saturated carbocycles. The number of halogens is 1. The van der Waals surface area contributed by atoms with Gasteiger partial charge in [0.15, 0.2) is 0 Å². The summed E-state index contributed by atoms with van der Waals surface area (Å²) in [6.07, 6.45) is 46.6. The van der Waals surface area contributed by atoms with E-state index in [1.165, 1.54) is 173 Å². The molecule has 0 atom stereocenters. The Morgan fingerprint density at radius 2 is 0.985 bits per heavy atom. The molecule has 372 valence electrons. The minimum atomic E-state index is -0.654. The van der Waals surface area contributed by atoms with Gasteiger partial charge in [0.1, 0.15) is 17.1 Å². The lowest BCUT2D eigenvalue weighted by molar-refractivity contribution is -0.143. The number of nitrogens with one attached hydrogen (secondary N) is 1. The van der Waals surface area contributed by atoms with Crippen LogP contribution in [0.3, 0.4) is 0 Å². The number of unbranched alkanes of at least 4 members (excludes halogenated alkanes) is 28. The van der Waals surface area contributed by atoms with Crippen LogP contribution in [0.4, 0.5) is 4.39 Å². The van der Waals surface area contributed by atoms with Crippen molar-refractivity contribution in [2.75, 3.05) is 32.7 Å². The van der Waals surface area contributed by atoms with Gasteiger partial charge < -0.3 is 9.64 Å². The average Bonchev–Trinajstić information content (AvgIpc) is 3.32. The molecule has 2 aliphatic rings. The summed E-state index contributed by atoms with van der Waals surface area (Å²) in [5.74, 6) is -0.304. The number of carbonyl (C=O) groups excluding carboxylic acids is 3. The molecular formula is C57H98FN3O4. The van der Waals surface area contributed by atoms with E-state index in [1.807, 2.05) is 6.08 Å². The zero-order valence-electron chi connectivity index (χ0n) is 42.2. The molecule has 2 aliphatic heterocycles. The normalized spacial score (nSPS) is 15.9. The Labute approximate surface area is 398 Å². The van der Waals surface area contributed by atoms with E-state index in [2.05, 4.69) is 29.0 Å². The third kappa shape index (κ3) is 25.9. The van der Waals surface area contributed by atoms with Crippen LogP contribution < -0.4 is 5.32 Å². The summed E-state index contributed by atoms with van der Waals surface area (Å²) < 4.78 is 19.8. The van der Waals surface area contributed by atoms with Gasteiger partial charge in [-0.05, 0) is 88.4 Å². The molecule has 65 heavy (non-hydrogen) atoms. The van der Waals surface area contributed by atoms with Crippen LogP contribution in [-0.4, -0.2) is 65.8 Å². The minimum Gasteiger partial charge on any atom is -0.426 e. The predicted octanol–water partition coefficient (Wildman–Crippen LogP) is 15.6. The van der Waals surface area contributed by atoms with E-state index in [9.17, 15) is 18.8 Å². The smallest absolute Gasteiger partial charge is 0.311 e. The van der Waals surface area contributed by atoms with Crippen molar-refractivity contribution in [3.8, 4) is 0 Å². The molecule has 0 bridgehead atoms. The first kappa shape index (κ1) is 56.7. The Kier molecular flexibility index (Phi) is 32.7. The van der Waals surface area contributed by atoms with Crippen LogP contribution in [0.15, 0.2) is 30.3 Å². The molecule has 1 aromatic carbocycles. The van der Waals surface area contributed by atoms with Gasteiger partial charge in [0, 0.05) is 38.0 Å². The van der Waals surface area contributed by atoms with E-state index in [4.69, 9.17) is 4.74 Å². The number of esters is 1. The Hall–Kier alpha value is -2.58. The van der Waals surface area contributed by atoms with Gasteiger partial charge >= 0.3 is 5.97 Å². The molecule has 0 aliphatic carbocycles. The second-order valence-corrected chi connectivity index (χ2v) is 20.0. The van der Waals surface area contributed by atoms with Crippen molar-refractivity contribution in [3.63, 3.8) is 0 Å². The van der Waals surface area contributed by atoms with Crippen LogP contribution in [-0.2, 0) is 19.1 Å². The molecular weight excluding hydrogens is 810 g/mol. The topological polar surface area (TPSA) is 79.0 Å². The SMILES string of the molecule is CCCCCCCCCCCCCCCCCC(=O)NC(=O)C1(N2CCCCC2)CCN(CC/C=C(\OC(=O)CCCCCCCCCCCCCCCCC)c2ccc(F)cc2)CC1. The Bertz CT molecular complexity index is 1380. The van der Waals surface area contributed by atoms with Gasteiger partial charge in [-0.2, -0.15) is 0 Å². The number of imide groups is 1. The molecule has 2 fully saturated rings. The number of likely N-dealkylation sites (tertiary alicyclic amines) is 2. The molecule has 8 heteroatoms. The largest absolute Gasteiger partial charge is 0.426 e. The fourth-order valence-corrected chi connectivity index (χ4v) is 10.1. The zero-order valence-corrected chi connectivity index (χ0v) is 42.2. The van der Waals surface area contributed by atoms with Crippen LogP contribution in [0.1, 0.15) is 263 Å². The quantitative estimate of drug-likeness (QED) is 0.0403. The zero-order chi connectivity index (χ0) is 46.5. The standard InChI is InChI=1S/C57H98FN3O4/c1-3-5-7-9-11-13-15-17-19-21-23-25-27-29-32-38-54(62)59-56(64)57(61-47-34-31-35-48-61)44-49-60(50-45-57)46-36-37-53(51-40-42-52(58)43-41-51)65-55(63)39-33-30-28-26-24-22-20-18-16-14-12-10-8-6-4-2/h37,40-43H,3-36,38-39,44-50H2,1-2H3,(H,59,62,64)/b53-37-. The third-order valence-electron chi connectivity index (χ3n) is 14.4. The molecule has 7 nitrogen and oxygen atoms in total. The van der Waals surface area contributed by atoms with E-state index in [0.29, 0.717) is 43.4 Å². The maximum absolute atomic E-state index is 14.0. The molecule has 0 unspecified atom stereocenters. The summed E-state index contributed by atoms with van der Waals surface area (Å²) in [6, 6.07) is 6.17. The number of hydrogen-bond donors (Lipinski definition) is 1. The number of rotatable bonds is 39. The molecule has 0 spiro atoms. The monoisotopic (exact) mass is 908 g/mol. The van der Waals surface area contributed by atoms with Gasteiger partial charge in [-0.25, -0.2) is 4.39 Å². The van der Waals surface area contributed by atoms with Gasteiger partial charge in [0.2, 0.25) is 11.8 Å². The first-order chi connectivity index (χ1) is 31.9. The van der Waals surface area contributed by atoms with E-state index in [0.717, 1.165) is 84.1 Å². The number of nitrogens with zero attached hydrogens (tertiary/aromatic N) is 2. The number of benzene rings is 1. The Morgan fingerprint density at radius 1 is 0.569 bits per heavy atom. The average molecular weight is 908 g/mol. The van der Waals surface area contributed by atoms with Crippen molar-refractivity contribution < 1.29 is 23.5 Å². The van der Waals surface area contributed by atoms with Crippen LogP contribution in [0, 0.1) is 5.82 Å². The summed E-state index contributed by atoms with van der Waals surface area (Å²) in [7, 11) is 0. The van der Waals surface area contributed by atoms with E-state index in [1.54, 1.807) is 12.1 Å². The Balaban J connectivity index is 1.35. The number of piperidine rings is 2.